The Hall–Kier alpha value is -1.71. The second-order valence-electron chi connectivity index (χ2n) is 7.34. The molecule has 0 aliphatic heterocycles. The highest BCUT2D eigenvalue weighted by molar-refractivity contribution is 5.79. The molecular weight excluding hydrogens is 302 g/mol. The van der Waals surface area contributed by atoms with Crippen LogP contribution in [0.25, 0.3) is 0 Å². The lowest BCUT2D eigenvalue weighted by molar-refractivity contribution is -0.156. The SMILES string of the molecule is CCCCCCCCC(Nc1cccc(O)c1)C(=O)OC(C)(C)C. The lowest BCUT2D eigenvalue weighted by Gasteiger charge is -2.25. The number of nitrogens with one attached hydrogen (secondary N) is 1. The number of ether oxygens (including phenoxy) is 1. The Morgan fingerprint density at radius 1 is 1.17 bits per heavy atom. The Morgan fingerprint density at radius 3 is 2.46 bits per heavy atom. The van der Waals surface area contributed by atoms with Crippen LogP contribution < -0.4 is 5.32 Å². The number of aromatic hydroxyl groups is 1. The van der Waals surface area contributed by atoms with Crippen molar-refractivity contribution >= 4 is 11.7 Å². The van der Waals surface area contributed by atoms with Gasteiger partial charge in [-0.05, 0) is 39.3 Å². The minimum absolute atomic E-state index is 0.183. The highest BCUT2D eigenvalue weighted by atomic mass is 16.6. The van der Waals surface area contributed by atoms with Crippen molar-refractivity contribution in [2.45, 2.75) is 84.3 Å². The number of benzene rings is 1. The lowest BCUT2D eigenvalue weighted by Crippen LogP contribution is -2.36. The van der Waals surface area contributed by atoms with E-state index in [2.05, 4.69) is 12.2 Å². The molecule has 0 bridgehead atoms. The maximum Gasteiger partial charge on any atom is 0.329 e. The summed E-state index contributed by atoms with van der Waals surface area (Å²) in [5.41, 5.74) is 0.230. The molecule has 1 aromatic carbocycles. The summed E-state index contributed by atoms with van der Waals surface area (Å²) in [5, 5.41) is 12.8. The third-order valence-electron chi connectivity index (χ3n) is 3.72. The van der Waals surface area contributed by atoms with Crippen LogP contribution in [0.5, 0.6) is 5.75 Å². The average Bonchev–Trinajstić information content (AvgIpc) is 2.48. The summed E-state index contributed by atoms with van der Waals surface area (Å²) in [4.78, 5) is 12.5. The molecule has 4 heteroatoms. The third-order valence-corrected chi connectivity index (χ3v) is 3.72. The third kappa shape index (κ3) is 8.80. The van der Waals surface area contributed by atoms with E-state index in [9.17, 15) is 9.90 Å². The highest BCUT2D eigenvalue weighted by Gasteiger charge is 2.24. The minimum atomic E-state index is -0.503. The van der Waals surface area contributed by atoms with Gasteiger partial charge in [-0.2, -0.15) is 0 Å². The first kappa shape index (κ1) is 20.3. The van der Waals surface area contributed by atoms with Crippen LogP contribution in [0.4, 0.5) is 5.69 Å². The van der Waals surface area contributed by atoms with E-state index in [1.165, 1.54) is 25.7 Å². The van der Waals surface area contributed by atoms with Gasteiger partial charge in [-0.15, -0.1) is 0 Å². The van der Waals surface area contributed by atoms with Crippen molar-refractivity contribution in [2.75, 3.05) is 5.32 Å². The topological polar surface area (TPSA) is 58.6 Å². The van der Waals surface area contributed by atoms with Crippen molar-refractivity contribution in [3.05, 3.63) is 24.3 Å². The van der Waals surface area contributed by atoms with Gasteiger partial charge < -0.3 is 15.2 Å². The minimum Gasteiger partial charge on any atom is -0.508 e. The van der Waals surface area contributed by atoms with Gasteiger partial charge in [-0.3, -0.25) is 0 Å². The summed E-state index contributed by atoms with van der Waals surface area (Å²) in [7, 11) is 0. The monoisotopic (exact) mass is 335 g/mol. The van der Waals surface area contributed by atoms with Crippen LogP contribution in [0.3, 0.4) is 0 Å². The molecule has 0 aromatic heterocycles. The van der Waals surface area contributed by atoms with Crippen LogP contribution in [-0.2, 0) is 9.53 Å². The zero-order valence-corrected chi connectivity index (χ0v) is 15.6. The largest absolute Gasteiger partial charge is 0.508 e. The van der Waals surface area contributed by atoms with Crippen LogP contribution in [-0.4, -0.2) is 22.7 Å². The van der Waals surface area contributed by atoms with Crippen LogP contribution >= 0.6 is 0 Å². The molecule has 24 heavy (non-hydrogen) atoms. The molecule has 136 valence electrons. The summed E-state index contributed by atoms with van der Waals surface area (Å²) in [6.45, 7) is 7.83. The number of esters is 1. The fourth-order valence-corrected chi connectivity index (χ4v) is 2.55. The van der Waals surface area contributed by atoms with Gasteiger partial charge in [0.2, 0.25) is 0 Å². The number of phenolic OH excluding ortho intramolecular Hbond substituents is 1. The van der Waals surface area contributed by atoms with Crippen LogP contribution in [0, 0.1) is 0 Å². The molecule has 2 N–H and O–H groups in total. The number of hydrogen-bond acceptors (Lipinski definition) is 4. The normalized spacial score (nSPS) is 12.7. The van der Waals surface area contributed by atoms with E-state index < -0.39 is 11.6 Å². The van der Waals surface area contributed by atoms with E-state index in [-0.39, 0.29) is 11.7 Å². The van der Waals surface area contributed by atoms with Gasteiger partial charge in [0.05, 0.1) is 0 Å². The number of unbranched alkanes of at least 4 members (excludes halogenated alkanes) is 5. The van der Waals surface area contributed by atoms with E-state index in [1.54, 1.807) is 18.2 Å². The summed E-state index contributed by atoms with van der Waals surface area (Å²) in [5.74, 6) is -0.0538. The molecule has 0 aliphatic rings. The number of phenols is 1. The molecule has 0 fully saturated rings. The molecule has 4 nitrogen and oxygen atoms in total. The number of anilines is 1. The first-order valence-corrected chi connectivity index (χ1v) is 9.10. The Kier molecular flexibility index (Phi) is 8.66. The predicted molar refractivity (Wildman–Crippen MR) is 99.4 cm³/mol. The van der Waals surface area contributed by atoms with Gasteiger partial charge >= 0.3 is 5.97 Å². The Balaban J connectivity index is 2.60. The van der Waals surface area contributed by atoms with Crippen molar-refractivity contribution in [3.63, 3.8) is 0 Å². The van der Waals surface area contributed by atoms with Crippen LogP contribution in [0.15, 0.2) is 24.3 Å². The van der Waals surface area contributed by atoms with Gasteiger partial charge in [0.25, 0.3) is 0 Å². The smallest absolute Gasteiger partial charge is 0.329 e. The summed E-state index contributed by atoms with van der Waals surface area (Å²) >= 11 is 0. The first-order chi connectivity index (χ1) is 11.3. The molecular formula is C20H33NO3. The van der Waals surface area contributed by atoms with Crippen LogP contribution in [0.2, 0.25) is 0 Å². The molecule has 0 saturated carbocycles. The summed E-state index contributed by atoms with van der Waals surface area (Å²) in [6, 6.07) is 6.45. The van der Waals surface area contributed by atoms with Gasteiger partial charge in [-0.25, -0.2) is 4.79 Å². The first-order valence-electron chi connectivity index (χ1n) is 9.10. The number of carbonyl (C=O) groups is 1. The molecule has 1 rings (SSSR count). The van der Waals surface area contributed by atoms with Crippen molar-refractivity contribution in [1.82, 2.24) is 0 Å². The Morgan fingerprint density at radius 2 is 1.83 bits per heavy atom. The van der Waals surface area contributed by atoms with Gasteiger partial charge in [0, 0.05) is 11.8 Å². The second kappa shape index (κ2) is 10.2. The second-order valence-corrected chi connectivity index (χ2v) is 7.34. The summed E-state index contributed by atoms with van der Waals surface area (Å²) < 4.78 is 5.53. The van der Waals surface area contributed by atoms with Crippen molar-refractivity contribution < 1.29 is 14.6 Å². The molecule has 0 aliphatic carbocycles. The number of carbonyl (C=O) groups excluding carboxylic acids is 1. The van der Waals surface area contributed by atoms with Crippen LogP contribution in [0.1, 0.15) is 72.6 Å². The molecule has 0 amide bonds. The van der Waals surface area contributed by atoms with Gasteiger partial charge in [-0.1, -0.05) is 51.5 Å². The molecule has 0 radical (unpaired) electrons. The fraction of sp³-hybridized carbons (Fsp3) is 0.650. The number of rotatable bonds is 10. The highest BCUT2D eigenvalue weighted by Crippen LogP contribution is 2.20. The van der Waals surface area contributed by atoms with E-state index in [1.807, 2.05) is 26.8 Å². The average molecular weight is 335 g/mol. The molecule has 1 atom stereocenters. The molecule has 1 aromatic rings. The quantitative estimate of drug-likeness (QED) is 0.452. The standard InChI is InChI=1S/C20H33NO3/c1-5-6-7-8-9-10-14-18(19(23)24-20(2,3)4)21-16-12-11-13-17(22)15-16/h11-13,15,18,21-22H,5-10,14H2,1-4H3. The zero-order chi connectivity index (χ0) is 18.0. The zero-order valence-electron chi connectivity index (χ0n) is 15.6. The Labute approximate surface area is 146 Å². The van der Waals surface area contributed by atoms with E-state index in [0.29, 0.717) is 0 Å². The fourth-order valence-electron chi connectivity index (χ4n) is 2.55. The van der Waals surface area contributed by atoms with E-state index in [0.717, 1.165) is 24.9 Å². The molecule has 0 spiro atoms. The lowest BCUT2D eigenvalue weighted by atomic mass is 10.0. The predicted octanol–water partition coefficient (Wildman–Crippen LogP) is 5.27. The van der Waals surface area contributed by atoms with E-state index >= 15 is 0 Å². The maximum atomic E-state index is 12.5. The van der Waals surface area contributed by atoms with Crippen molar-refractivity contribution in [3.8, 4) is 5.75 Å². The van der Waals surface area contributed by atoms with Crippen molar-refractivity contribution in [1.29, 1.82) is 0 Å². The number of hydrogen-bond donors (Lipinski definition) is 2. The van der Waals surface area contributed by atoms with Gasteiger partial charge in [0.1, 0.15) is 17.4 Å². The molecule has 0 heterocycles. The molecule has 1 unspecified atom stereocenters. The van der Waals surface area contributed by atoms with Gasteiger partial charge in [0.15, 0.2) is 0 Å². The molecule has 0 saturated heterocycles. The summed E-state index contributed by atoms with van der Waals surface area (Å²) in [6.07, 6.45) is 7.82. The van der Waals surface area contributed by atoms with E-state index in [4.69, 9.17) is 4.74 Å². The maximum absolute atomic E-state index is 12.5. The van der Waals surface area contributed by atoms with Crippen molar-refractivity contribution in [2.24, 2.45) is 0 Å². The Bertz CT molecular complexity index is 494.